The molecule has 0 unspecified atom stereocenters. The van der Waals surface area contributed by atoms with Gasteiger partial charge in [-0.2, -0.15) is 0 Å². The molecule has 1 aliphatic carbocycles. The Morgan fingerprint density at radius 3 is 2.68 bits per heavy atom. The molecule has 2 aliphatic rings. The number of rotatable bonds is 4. The van der Waals surface area contributed by atoms with Crippen molar-refractivity contribution >= 4 is 17.4 Å². The number of nitrogens with two attached hydrogens (primary N) is 1. The van der Waals surface area contributed by atoms with Gasteiger partial charge in [-0.15, -0.1) is 0 Å². The summed E-state index contributed by atoms with van der Waals surface area (Å²) >= 11 is 0. The van der Waals surface area contributed by atoms with Gasteiger partial charge in [0.1, 0.15) is 5.82 Å². The Bertz CT molecular complexity index is 505. The minimum absolute atomic E-state index is 0.131. The van der Waals surface area contributed by atoms with Gasteiger partial charge in [0.2, 0.25) is 5.91 Å². The van der Waals surface area contributed by atoms with Crippen molar-refractivity contribution in [3.63, 3.8) is 0 Å². The zero-order valence-electron chi connectivity index (χ0n) is 13.1. The van der Waals surface area contributed by atoms with E-state index in [1.807, 2.05) is 12.1 Å². The largest absolute Gasteiger partial charge is 0.357 e. The van der Waals surface area contributed by atoms with E-state index in [1.54, 1.807) is 6.20 Å². The minimum atomic E-state index is 0.131. The molecule has 0 aromatic carbocycles. The van der Waals surface area contributed by atoms with Gasteiger partial charge in [-0.05, 0) is 57.1 Å². The van der Waals surface area contributed by atoms with Crippen LogP contribution in [0.2, 0.25) is 0 Å². The van der Waals surface area contributed by atoms with E-state index >= 15 is 0 Å². The van der Waals surface area contributed by atoms with Gasteiger partial charge in [0.25, 0.3) is 0 Å². The molecule has 1 aromatic heterocycles. The summed E-state index contributed by atoms with van der Waals surface area (Å²) in [6, 6.07) is 3.87. The van der Waals surface area contributed by atoms with Crippen molar-refractivity contribution in [2.24, 2.45) is 17.6 Å². The second kappa shape index (κ2) is 7.09. The van der Waals surface area contributed by atoms with E-state index < -0.39 is 0 Å². The third kappa shape index (κ3) is 3.58. The van der Waals surface area contributed by atoms with Crippen LogP contribution < -0.4 is 16.0 Å². The average molecular weight is 302 g/mol. The summed E-state index contributed by atoms with van der Waals surface area (Å²) in [4.78, 5) is 19.1. The van der Waals surface area contributed by atoms with Crippen LogP contribution in [-0.4, -0.2) is 30.5 Å². The maximum absolute atomic E-state index is 12.4. The molecule has 120 valence electrons. The molecule has 5 heteroatoms. The van der Waals surface area contributed by atoms with Crippen molar-refractivity contribution in [2.75, 3.05) is 29.9 Å². The Labute approximate surface area is 132 Å². The predicted octanol–water partition coefficient (Wildman–Crippen LogP) is 2.39. The quantitative estimate of drug-likeness (QED) is 0.896. The van der Waals surface area contributed by atoms with Crippen LogP contribution in [0.4, 0.5) is 11.5 Å². The van der Waals surface area contributed by atoms with Gasteiger partial charge in [0, 0.05) is 37.0 Å². The van der Waals surface area contributed by atoms with Crippen molar-refractivity contribution in [1.29, 1.82) is 0 Å². The summed E-state index contributed by atoms with van der Waals surface area (Å²) in [5.74, 6) is 1.86. The first-order valence-electron chi connectivity index (χ1n) is 8.48. The molecular weight excluding hydrogens is 276 g/mol. The van der Waals surface area contributed by atoms with Gasteiger partial charge < -0.3 is 16.0 Å². The van der Waals surface area contributed by atoms with Crippen molar-refractivity contribution in [3.05, 3.63) is 18.3 Å². The van der Waals surface area contributed by atoms with Crippen LogP contribution in [0.15, 0.2) is 18.3 Å². The first kappa shape index (κ1) is 15.3. The van der Waals surface area contributed by atoms with E-state index in [0.717, 1.165) is 56.8 Å². The van der Waals surface area contributed by atoms with Crippen LogP contribution in [0.3, 0.4) is 0 Å². The van der Waals surface area contributed by atoms with Gasteiger partial charge in [-0.1, -0.05) is 0 Å². The normalized spacial score (nSPS) is 25.2. The molecule has 1 aliphatic heterocycles. The van der Waals surface area contributed by atoms with Crippen LogP contribution in [0, 0.1) is 11.8 Å². The van der Waals surface area contributed by atoms with E-state index in [2.05, 4.69) is 15.2 Å². The zero-order chi connectivity index (χ0) is 15.4. The summed E-state index contributed by atoms with van der Waals surface area (Å²) in [7, 11) is 0. The number of carbonyl (C=O) groups excluding carboxylic acids is 1. The Morgan fingerprint density at radius 1 is 1.27 bits per heavy atom. The monoisotopic (exact) mass is 302 g/mol. The van der Waals surface area contributed by atoms with Crippen molar-refractivity contribution < 1.29 is 4.79 Å². The molecule has 1 amide bonds. The van der Waals surface area contributed by atoms with Crippen LogP contribution in [-0.2, 0) is 4.79 Å². The lowest BCUT2D eigenvalue weighted by atomic mass is 9.81. The lowest BCUT2D eigenvalue weighted by molar-refractivity contribution is -0.121. The number of hydrogen-bond acceptors (Lipinski definition) is 4. The SMILES string of the molecule is NC[C@H]1CC[C@H](C(=O)Nc2ccnc(N3CCCC3)c2)CC1. The first-order chi connectivity index (χ1) is 10.8. The van der Waals surface area contributed by atoms with Crippen molar-refractivity contribution in [3.8, 4) is 0 Å². The summed E-state index contributed by atoms with van der Waals surface area (Å²) < 4.78 is 0. The lowest BCUT2D eigenvalue weighted by Gasteiger charge is -2.26. The third-order valence-corrected chi connectivity index (χ3v) is 4.99. The molecule has 2 fully saturated rings. The fourth-order valence-electron chi connectivity index (χ4n) is 3.52. The van der Waals surface area contributed by atoms with Crippen LogP contribution in [0.25, 0.3) is 0 Å². The molecule has 0 radical (unpaired) electrons. The van der Waals surface area contributed by atoms with Crippen molar-refractivity contribution in [1.82, 2.24) is 4.98 Å². The fourth-order valence-corrected chi connectivity index (χ4v) is 3.52. The number of aromatic nitrogens is 1. The van der Waals surface area contributed by atoms with Crippen LogP contribution >= 0.6 is 0 Å². The highest BCUT2D eigenvalue weighted by Gasteiger charge is 2.25. The molecule has 2 heterocycles. The van der Waals surface area contributed by atoms with Gasteiger partial charge in [-0.3, -0.25) is 4.79 Å². The minimum Gasteiger partial charge on any atom is -0.357 e. The van der Waals surface area contributed by atoms with Gasteiger partial charge in [0.05, 0.1) is 0 Å². The van der Waals surface area contributed by atoms with Crippen molar-refractivity contribution in [2.45, 2.75) is 38.5 Å². The number of anilines is 2. The van der Waals surface area contributed by atoms with E-state index in [9.17, 15) is 4.79 Å². The molecule has 5 nitrogen and oxygen atoms in total. The zero-order valence-corrected chi connectivity index (χ0v) is 13.1. The molecule has 0 spiro atoms. The van der Waals surface area contributed by atoms with Gasteiger partial charge in [-0.25, -0.2) is 4.98 Å². The molecule has 1 saturated heterocycles. The molecule has 3 N–H and O–H groups in total. The molecule has 0 atom stereocenters. The number of pyridine rings is 1. The molecule has 3 rings (SSSR count). The van der Waals surface area contributed by atoms with Crippen LogP contribution in [0.5, 0.6) is 0 Å². The summed E-state index contributed by atoms with van der Waals surface area (Å²) in [6.45, 7) is 2.87. The molecule has 22 heavy (non-hydrogen) atoms. The Kier molecular flexibility index (Phi) is 4.93. The van der Waals surface area contributed by atoms with E-state index in [0.29, 0.717) is 5.92 Å². The molecule has 1 aromatic rings. The first-order valence-corrected chi connectivity index (χ1v) is 8.48. The number of nitrogens with zero attached hydrogens (tertiary/aromatic N) is 2. The van der Waals surface area contributed by atoms with E-state index in [-0.39, 0.29) is 11.8 Å². The predicted molar refractivity (Wildman–Crippen MR) is 88.8 cm³/mol. The molecule has 0 bridgehead atoms. The number of hydrogen-bond donors (Lipinski definition) is 2. The smallest absolute Gasteiger partial charge is 0.227 e. The third-order valence-electron chi connectivity index (χ3n) is 4.99. The van der Waals surface area contributed by atoms with Gasteiger partial charge in [0.15, 0.2) is 0 Å². The van der Waals surface area contributed by atoms with Crippen LogP contribution in [0.1, 0.15) is 38.5 Å². The Hall–Kier alpha value is -1.62. The second-order valence-electron chi connectivity index (χ2n) is 6.54. The maximum Gasteiger partial charge on any atom is 0.227 e. The average Bonchev–Trinajstić information content (AvgIpc) is 3.10. The summed E-state index contributed by atoms with van der Waals surface area (Å²) in [5, 5.41) is 3.07. The molecular formula is C17H26N4O. The van der Waals surface area contributed by atoms with E-state index in [1.165, 1.54) is 12.8 Å². The highest BCUT2D eigenvalue weighted by molar-refractivity contribution is 5.92. The second-order valence-corrected chi connectivity index (χ2v) is 6.54. The number of carbonyl (C=O) groups is 1. The lowest BCUT2D eigenvalue weighted by Crippen LogP contribution is -2.29. The number of amides is 1. The Morgan fingerprint density at radius 2 is 2.00 bits per heavy atom. The van der Waals surface area contributed by atoms with Gasteiger partial charge >= 0.3 is 0 Å². The highest BCUT2D eigenvalue weighted by atomic mass is 16.1. The number of nitrogens with one attached hydrogen (secondary N) is 1. The summed E-state index contributed by atoms with van der Waals surface area (Å²) in [5.41, 5.74) is 6.58. The standard InChI is InChI=1S/C17H26N4O/c18-12-13-3-5-14(6-4-13)17(22)20-15-7-8-19-16(11-15)21-9-1-2-10-21/h7-8,11,13-14H,1-6,9-10,12,18H2,(H,19,20,22)/t13-,14-. The Balaban J connectivity index is 1.58. The maximum atomic E-state index is 12.4. The molecule has 1 saturated carbocycles. The van der Waals surface area contributed by atoms with E-state index in [4.69, 9.17) is 5.73 Å². The topological polar surface area (TPSA) is 71.2 Å². The summed E-state index contributed by atoms with van der Waals surface area (Å²) in [6.07, 6.45) is 8.29. The highest BCUT2D eigenvalue weighted by Crippen LogP contribution is 2.29. The fraction of sp³-hybridized carbons (Fsp3) is 0.647.